The molecule has 0 amide bonds. The van der Waals surface area contributed by atoms with Gasteiger partial charge in [-0.2, -0.15) is 0 Å². The van der Waals surface area contributed by atoms with E-state index in [2.05, 4.69) is 0 Å². The summed E-state index contributed by atoms with van der Waals surface area (Å²) in [4.78, 5) is 11.6. The minimum absolute atomic E-state index is 0.126. The predicted molar refractivity (Wildman–Crippen MR) is 80.5 cm³/mol. The van der Waals surface area contributed by atoms with Gasteiger partial charge in [-0.15, -0.1) is 0 Å². The largest absolute Gasteiger partial charge is 0.494 e. The first-order valence-electron chi connectivity index (χ1n) is 7.42. The van der Waals surface area contributed by atoms with Gasteiger partial charge in [-0.1, -0.05) is 24.3 Å². The molecule has 3 rings (SSSR count). The molecule has 1 aromatic rings. The molecule has 2 fully saturated rings. The van der Waals surface area contributed by atoms with Crippen LogP contribution in [0.2, 0.25) is 0 Å². The first-order valence-corrected chi connectivity index (χ1v) is 7.42. The summed E-state index contributed by atoms with van der Waals surface area (Å²) in [7, 11) is -0.362. The third-order valence-electron chi connectivity index (χ3n) is 4.80. The molecular weight excluding hydrogens is 267 g/mol. The van der Waals surface area contributed by atoms with Crippen molar-refractivity contribution in [2.75, 3.05) is 6.61 Å². The molecule has 4 nitrogen and oxygen atoms in total. The average molecular weight is 288 g/mol. The van der Waals surface area contributed by atoms with Crippen LogP contribution >= 0.6 is 0 Å². The first-order chi connectivity index (χ1) is 9.80. The fourth-order valence-corrected chi connectivity index (χ4v) is 2.66. The number of cyclic esters (lactones) is 1. The van der Waals surface area contributed by atoms with Crippen molar-refractivity contribution in [3.8, 4) is 0 Å². The Morgan fingerprint density at radius 1 is 1.05 bits per heavy atom. The van der Waals surface area contributed by atoms with Crippen LogP contribution in [0.1, 0.15) is 45.6 Å². The van der Waals surface area contributed by atoms with Crippen molar-refractivity contribution in [3.63, 3.8) is 0 Å². The molecular formula is C16H21BO4. The Bertz CT molecular complexity index is 534. The molecule has 1 aromatic carbocycles. The molecule has 21 heavy (non-hydrogen) atoms. The summed E-state index contributed by atoms with van der Waals surface area (Å²) >= 11 is 0. The molecule has 0 radical (unpaired) electrons. The van der Waals surface area contributed by atoms with E-state index < -0.39 is 0 Å². The van der Waals surface area contributed by atoms with Gasteiger partial charge >= 0.3 is 13.1 Å². The van der Waals surface area contributed by atoms with Crippen molar-refractivity contribution in [2.45, 2.75) is 51.2 Å². The van der Waals surface area contributed by atoms with Gasteiger partial charge in [0.1, 0.15) is 0 Å². The molecule has 112 valence electrons. The van der Waals surface area contributed by atoms with Crippen LogP contribution in [0.3, 0.4) is 0 Å². The van der Waals surface area contributed by atoms with Gasteiger partial charge < -0.3 is 14.0 Å². The molecule has 1 unspecified atom stereocenters. The van der Waals surface area contributed by atoms with E-state index in [9.17, 15) is 4.79 Å². The third-order valence-corrected chi connectivity index (χ3v) is 4.80. The highest BCUT2D eigenvalue weighted by Gasteiger charge is 2.51. The molecule has 2 aliphatic heterocycles. The highest BCUT2D eigenvalue weighted by Crippen LogP contribution is 2.36. The molecule has 5 heteroatoms. The normalized spacial score (nSPS) is 27.0. The van der Waals surface area contributed by atoms with E-state index in [0.29, 0.717) is 6.61 Å². The number of carbonyl (C=O) groups is 1. The van der Waals surface area contributed by atoms with Gasteiger partial charge in [-0.3, -0.25) is 4.79 Å². The zero-order valence-corrected chi connectivity index (χ0v) is 13.0. The summed E-state index contributed by atoms with van der Waals surface area (Å²) in [6.07, 6.45) is 0.759. The second-order valence-corrected chi connectivity index (χ2v) is 6.76. The van der Waals surface area contributed by atoms with Crippen molar-refractivity contribution in [2.24, 2.45) is 0 Å². The summed E-state index contributed by atoms with van der Waals surface area (Å²) in [6, 6.07) is 7.89. The Hall–Kier alpha value is -1.33. The minimum Gasteiger partial charge on any atom is -0.465 e. The number of benzene rings is 1. The second kappa shape index (κ2) is 4.85. The summed E-state index contributed by atoms with van der Waals surface area (Å²) < 4.78 is 17.1. The summed E-state index contributed by atoms with van der Waals surface area (Å²) in [5.74, 6) is -0.254. The lowest BCUT2D eigenvalue weighted by atomic mass is 9.78. The van der Waals surface area contributed by atoms with Crippen LogP contribution in [-0.4, -0.2) is 30.9 Å². The second-order valence-electron chi connectivity index (χ2n) is 6.76. The van der Waals surface area contributed by atoms with Crippen molar-refractivity contribution in [1.29, 1.82) is 0 Å². The number of carbonyl (C=O) groups excluding carboxylic acids is 1. The van der Waals surface area contributed by atoms with E-state index in [0.717, 1.165) is 17.4 Å². The molecule has 1 atom stereocenters. The van der Waals surface area contributed by atoms with E-state index in [1.165, 1.54) is 0 Å². The Morgan fingerprint density at radius 3 is 2.10 bits per heavy atom. The molecule has 0 saturated carbocycles. The van der Waals surface area contributed by atoms with Gasteiger partial charge in [0.15, 0.2) is 0 Å². The standard InChI is InChI=1S/C16H21BO4/c1-15(2)16(3,4)21-17(20-15)12-7-5-11(6-8-12)13-9-10-19-14(13)18/h5-8,13H,9-10H2,1-4H3. The topological polar surface area (TPSA) is 44.8 Å². The number of hydrogen-bond acceptors (Lipinski definition) is 4. The molecule has 0 bridgehead atoms. The van der Waals surface area contributed by atoms with Crippen LogP contribution < -0.4 is 5.46 Å². The van der Waals surface area contributed by atoms with Gasteiger partial charge in [0.25, 0.3) is 0 Å². The first kappa shape index (κ1) is 14.6. The predicted octanol–water partition coefficient (Wildman–Crippen LogP) is 2.02. The van der Waals surface area contributed by atoms with Crippen molar-refractivity contribution in [3.05, 3.63) is 29.8 Å². The summed E-state index contributed by atoms with van der Waals surface area (Å²) in [6.45, 7) is 8.67. The maximum Gasteiger partial charge on any atom is 0.494 e. The van der Waals surface area contributed by atoms with Crippen LogP contribution in [0.25, 0.3) is 0 Å². The number of hydrogen-bond donors (Lipinski definition) is 0. The fourth-order valence-electron chi connectivity index (χ4n) is 2.66. The summed E-state index contributed by atoms with van der Waals surface area (Å²) in [5, 5.41) is 0. The Balaban J connectivity index is 1.78. The molecule has 2 aliphatic rings. The maximum atomic E-state index is 11.6. The quantitative estimate of drug-likeness (QED) is 0.617. The van der Waals surface area contributed by atoms with Gasteiger partial charge in [-0.25, -0.2) is 0 Å². The van der Waals surface area contributed by atoms with E-state index in [-0.39, 0.29) is 30.2 Å². The lowest BCUT2D eigenvalue weighted by Gasteiger charge is -2.32. The van der Waals surface area contributed by atoms with Crippen LogP contribution in [-0.2, 0) is 18.8 Å². The SMILES string of the molecule is CC1(C)OB(c2ccc(C3CCOC3=O)cc2)OC1(C)C. The van der Waals surface area contributed by atoms with Crippen LogP contribution in [0.15, 0.2) is 24.3 Å². The fraction of sp³-hybridized carbons (Fsp3) is 0.562. The van der Waals surface area contributed by atoms with Crippen molar-refractivity contribution >= 4 is 18.6 Å². The highest BCUT2D eigenvalue weighted by molar-refractivity contribution is 6.62. The summed E-state index contributed by atoms with van der Waals surface area (Å²) in [5.41, 5.74) is 1.29. The zero-order valence-electron chi connectivity index (χ0n) is 13.0. The van der Waals surface area contributed by atoms with E-state index >= 15 is 0 Å². The van der Waals surface area contributed by atoms with Gasteiger partial charge in [-0.05, 0) is 45.1 Å². The lowest BCUT2D eigenvalue weighted by Crippen LogP contribution is -2.41. The molecule has 0 aliphatic carbocycles. The number of rotatable bonds is 2. The zero-order chi connectivity index (χ0) is 15.3. The van der Waals surface area contributed by atoms with Gasteiger partial charge in [0.2, 0.25) is 0 Å². The van der Waals surface area contributed by atoms with Crippen LogP contribution in [0.5, 0.6) is 0 Å². The van der Waals surface area contributed by atoms with Crippen LogP contribution in [0.4, 0.5) is 0 Å². The molecule has 0 aromatic heterocycles. The molecule has 0 N–H and O–H groups in total. The van der Waals surface area contributed by atoms with Crippen LogP contribution in [0, 0.1) is 0 Å². The average Bonchev–Trinajstić information content (AvgIpc) is 2.92. The van der Waals surface area contributed by atoms with Gasteiger partial charge in [0.05, 0.1) is 23.7 Å². The van der Waals surface area contributed by atoms with E-state index in [1.807, 2.05) is 52.0 Å². The molecule has 2 heterocycles. The Kier molecular flexibility index (Phi) is 3.37. The number of ether oxygens (including phenoxy) is 1. The maximum absolute atomic E-state index is 11.6. The smallest absolute Gasteiger partial charge is 0.465 e. The highest BCUT2D eigenvalue weighted by atomic mass is 16.7. The van der Waals surface area contributed by atoms with E-state index in [4.69, 9.17) is 14.0 Å². The van der Waals surface area contributed by atoms with Gasteiger partial charge in [0, 0.05) is 0 Å². The lowest BCUT2D eigenvalue weighted by molar-refractivity contribution is -0.139. The third kappa shape index (κ3) is 2.49. The van der Waals surface area contributed by atoms with E-state index in [1.54, 1.807) is 0 Å². The Morgan fingerprint density at radius 2 is 1.62 bits per heavy atom. The minimum atomic E-state index is -0.362. The van der Waals surface area contributed by atoms with Crippen molar-refractivity contribution in [1.82, 2.24) is 0 Å². The monoisotopic (exact) mass is 288 g/mol. The molecule has 2 saturated heterocycles. The molecule has 0 spiro atoms. The Labute approximate surface area is 125 Å². The van der Waals surface area contributed by atoms with Crippen molar-refractivity contribution < 1.29 is 18.8 Å². The number of esters is 1.